The van der Waals surface area contributed by atoms with E-state index in [2.05, 4.69) is 6.58 Å². The Kier molecular flexibility index (Phi) is 3.92. The molecule has 0 fully saturated rings. The molecule has 0 amide bonds. The highest BCUT2D eigenvalue weighted by atomic mass is 16.4. The summed E-state index contributed by atoms with van der Waals surface area (Å²) in [6.07, 6.45) is 1.68. The molecule has 0 aliphatic rings. The third kappa shape index (κ3) is 2.72. The second-order valence-corrected chi connectivity index (χ2v) is 3.39. The molecule has 2 N–H and O–H groups in total. The first-order valence-electron chi connectivity index (χ1n) is 4.66. The van der Waals surface area contributed by atoms with E-state index < -0.39 is 6.10 Å². The van der Waals surface area contributed by atoms with Crippen molar-refractivity contribution in [3.05, 3.63) is 36.3 Å². The number of hydrogen-bond acceptors (Lipinski definition) is 3. The second kappa shape index (κ2) is 4.98. The van der Waals surface area contributed by atoms with Crippen LogP contribution in [0.4, 0.5) is 0 Å². The lowest BCUT2D eigenvalue weighted by molar-refractivity contribution is 0.130. The molecule has 0 saturated carbocycles. The van der Waals surface area contributed by atoms with E-state index in [9.17, 15) is 5.11 Å². The van der Waals surface area contributed by atoms with Crippen LogP contribution in [0.1, 0.15) is 18.4 Å². The molecular formula is C11H16O3. The molecule has 0 radical (unpaired) electrons. The van der Waals surface area contributed by atoms with Gasteiger partial charge in [-0.1, -0.05) is 13.0 Å². The second-order valence-electron chi connectivity index (χ2n) is 3.39. The molecule has 78 valence electrons. The summed E-state index contributed by atoms with van der Waals surface area (Å²) in [5.74, 6) is 1.26. The fourth-order valence-electron chi connectivity index (χ4n) is 1.17. The minimum Gasteiger partial charge on any atom is -0.464 e. The first kappa shape index (κ1) is 11.0. The van der Waals surface area contributed by atoms with Crippen molar-refractivity contribution in [3.8, 4) is 0 Å². The maximum Gasteiger partial charge on any atom is 0.129 e. The van der Waals surface area contributed by atoms with Crippen LogP contribution in [0.15, 0.2) is 29.2 Å². The van der Waals surface area contributed by atoms with Gasteiger partial charge in [-0.3, -0.25) is 0 Å². The Bertz CT molecular complexity index is 290. The Balaban J connectivity index is 2.55. The largest absolute Gasteiger partial charge is 0.464 e. The van der Waals surface area contributed by atoms with Gasteiger partial charge in [-0.05, 0) is 12.1 Å². The van der Waals surface area contributed by atoms with Crippen LogP contribution in [0, 0.1) is 5.92 Å². The number of aliphatic hydroxyl groups is 2. The summed E-state index contributed by atoms with van der Waals surface area (Å²) in [7, 11) is 0. The molecule has 1 heterocycles. The highest BCUT2D eigenvalue weighted by Crippen LogP contribution is 2.14. The van der Waals surface area contributed by atoms with Crippen LogP contribution in [0.25, 0.3) is 0 Å². The summed E-state index contributed by atoms with van der Waals surface area (Å²) < 4.78 is 5.25. The molecule has 3 nitrogen and oxygen atoms in total. The summed E-state index contributed by atoms with van der Waals surface area (Å²) in [5, 5.41) is 18.4. The molecule has 0 aliphatic carbocycles. The highest BCUT2D eigenvalue weighted by molar-refractivity contribution is 5.07. The Morgan fingerprint density at radius 2 is 2.14 bits per heavy atom. The number of furan rings is 1. The normalized spacial score (nSPS) is 15.1. The van der Waals surface area contributed by atoms with Crippen LogP contribution in [-0.2, 0) is 13.0 Å². The van der Waals surface area contributed by atoms with Gasteiger partial charge in [-0.2, -0.15) is 0 Å². The average Bonchev–Trinajstić information content (AvgIpc) is 2.64. The molecule has 1 rings (SSSR count). The predicted molar refractivity (Wildman–Crippen MR) is 53.7 cm³/mol. The lowest BCUT2D eigenvalue weighted by Crippen LogP contribution is -2.17. The molecule has 14 heavy (non-hydrogen) atoms. The van der Waals surface area contributed by atoms with Crippen molar-refractivity contribution in [2.75, 3.05) is 0 Å². The lowest BCUT2D eigenvalue weighted by atomic mass is 10.0. The van der Waals surface area contributed by atoms with Gasteiger partial charge in [0.05, 0.1) is 6.10 Å². The van der Waals surface area contributed by atoms with Crippen molar-refractivity contribution in [2.24, 2.45) is 5.92 Å². The molecule has 1 aromatic rings. The SMILES string of the molecule is C=C[C@H](C)[C@@H](O)Cc1ccc(CO)o1. The molecule has 0 saturated heterocycles. The fourth-order valence-corrected chi connectivity index (χ4v) is 1.17. The molecule has 1 aromatic heterocycles. The van der Waals surface area contributed by atoms with Gasteiger partial charge in [0, 0.05) is 12.3 Å². The van der Waals surface area contributed by atoms with Crippen molar-refractivity contribution in [3.63, 3.8) is 0 Å². The van der Waals surface area contributed by atoms with E-state index in [-0.39, 0.29) is 12.5 Å². The van der Waals surface area contributed by atoms with Crippen molar-refractivity contribution in [2.45, 2.75) is 26.1 Å². The molecular weight excluding hydrogens is 180 g/mol. The number of hydrogen-bond donors (Lipinski definition) is 2. The van der Waals surface area contributed by atoms with E-state index in [1.54, 1.807) is 18.2 Å². The van der Waals surface area contributed by atoms with E-state index in [0.29, 0.717) is 17.9 Å². The summed E-state index contributed by atoms with van der Waals surface area (Å²) in [6.45, 7) is 5.41. The van der Waals surface area contributed by atoms with Crippen LogP contribution in [0.3, 0.4) is 0 Å². The first-order valence-corrected chi connectivity index (χ1v) is 4.66. The van der Waals surface area contributed by atoms with E-state index in [4.69, 9.17) is 9.52 Å². The standard InChI is InChI=1S/C11H16O3/c1-3-8(2)11(13)6-9-4-5-10(7-12)14-9/h3-5,8,11-13H,1,6-7H2,2H3/t8-,11-/m0/s1. The molecule has 2 atom stereocenters. The zero-order valence-corrected chi connectivity index (χ0v) is 8.31. The Labute approximate surface area is 83.7 Å². The zero-order chi connectivity index (χ0) is 10.6. The Morgan fingerprint density at radius 1 is 1.50 bits per heavy atom. The van der Waals surface area contributed by atoms with Gasteiger partial charge in [0.2, 0.25) is 0 Å². The van der Waals surface area contributed by atoms with Crippen LogP contribution in [-0.4, -0.2) is 16.3 Å². The van der Waals surface area contributed by atoms with Crippen molar-refractivity contribution < 1.29 is 14.6 Å². The summed E-state index contributed by atoms with van der Waals surface area (Å²) in [5.41, 5.74) is 0. The molecule has 3 heteroatoms. The van der Waals surface area contributed by atoms with E-state index in [1.165, 1.54) is 0 Å². The molecule has 0 aromatic carbocycles. The lowest BCUT2D eigenvalue weighted by Gasteiger charge is -2.13. The summed E-state index contributed by atoms with van der Waals surface area (Å²) in [6, 6.07) is 3.48. The molecule has 0 aliphatic heterocycles. The quantitative estimate of drug-likeness (QED) is 0.702. The third-order valence-electron chi connectivity index (χ3n) is 2.26. The van der Waals surface area contributed by atoms with Gasteiger partial charge in [0.15, 0.2) is 0 Å². The fraction of sp³-hybridized carbons (Fsp3) is 0.455. The van der Waals surface area contributed by atoms with E-state index >= 15 is 0 Å². The first-order chi connectivity index (χ1) is 6.67. The molecule has 0 bridgehead atoms. The Hall–Kier alpha value is -1.06. The van der Waals surface area contributed by atoms with Crippen molar-refractivity contribution in [1.82, 2.24) is 0 Å². The monoisotopic (exact) mass is 196 g/mol. The number of aliphatic hydroxyl groups excluding tert-OH is 2. The van der Waals surface area contributed by atoms with Crippen LogP contribution in [0.5, 0.6) is 0 Å². The van der Waals surface area contributed by atoms with Gasteiger partial charge < -0.3 is 14.6 Å². The topological polar surface area (TPSA) is 53.6 Å². The van der Waals surface area contributed by atoms with Gasteiger partial charge in [-0.25, -0.2) is 0 Å². The highest BCUT2D eigenvalue weighted by Gasteiger charge is 2.13. The predicted octanol–water partition coefficient (Wildman–Crippen LogP) is 1.50. The van der Waals surface area contributed by atoms with Crippen LogP contribution in [0.2, 0.25) is 0 Å². The maximum atomic E-state index is 9.66. The van der Waals surface area contributed by atoms with Crippen molar-refractivity contribution in [1.29, 1.82) is 0 Å². The summed E-state index contributed by atoms with van der Waals surface area (Å²) >= 11 is 0. The molecule has 0 unspecified atom stereocenters. The average molecular weight is 196 g/mol. The third-order valence-corrected chi connectivity index (χ3v) is 2.26. The minimum atomic E-state index is -0.481. The maximum absolute atomic E-state index is 9.66. The van der Waals surface area contributed by atoms with Gasteiger partial charge in [-0.15, -0.1) is 6.58 Å². The van der Waals surface area contributed by atoms with Crippen molar-refractivity contribution >= 4 is 0 Å². The van der Waals surface area contributed by atoms with E-state index in [1.807, 2.05) is 6.92 Å². The van der Waals surface area contributed by atoms with Gasteiger partial charge in [0.1, 0.15) is 18.1 Å². The molecule has 0 spiro atoms. The summed E-state index contributed by atoms with van der Waals surface area (Å²) in [4.78, 5) is 0. The zero-order valence-electron chi connectivity index (χ0n) is 8.31. The van der Waals surface area contributed by atoms with Crippen LogP contribution >= 0.6 is 0 Å². The smallest absolute Gasteiger partial charge is 0.129 e. The number of rotatable bonds is 5. The van der Waals surface area contributed by atoms with Crippen LogP contribution < -0.4 is 0 Å². The van der Waals surface area contributed by atoms with Gasteiger partial charge >= 0.3 is 0 Å². The minimum absolute atomic E-state index is 0.0395. The van der Waals surface area contributed by atoms with E-state index in [0.717, 1.165) is 0 Å². The van der Waals surface area contributed by atoms with Gasteiger partial charge in [0.25, 0.3) is 0 Å². The Morgan fingerprint density at radius 3 is 2.64 bits per heavy atom.